The van der Waals surface area contributed by atoms with Gasteiger partial charge in [-0.25, -0.2) is 9.18 Å². The number of nitrogens with one attached hydrogen (secondary N) is 1. The van der Waals surface area contributed by atoms with Crippen molar-refractivity contribution in [3.63, 3.8) is 0 Å². The molecule has 1 saturated heterocycles. The molecule has 0 aliphatic carbocycles. The first-order chi connectivity index (χ1) is 10.2. The van der Waals surface area contributed by atoms with Crippen LogP contribution in [0.1, 0.15) is 17.7 Å². The average Bonchev–Trinajstić information content (AvgIpc) is 3.14. The first-order valence-corrected chi connectivity index (χ1v) is 7.75. The van der Waals surface area contributed by atoms with Crippen LogP contribution in [-0.4, -0.2) is 22.3 Å². The quantitative estimate of drug-likeness (QED) is 0.920. The van der Waals surface area contributed by atoms with Crippen LogP contribution >= 0.6 is 11.3 Å². The second kappa shape index (κ2) is 6.36. The molecule has 112 valence electrons. The van der Waals surface area contributed by atoms with Gasteiger partial charge in [0.1, 0.15) is 0 Å². The van der Waals surface area contributed by atoms with Crippen LogP contribution in [0, 0.1) is 5.82 Å². The number of anilines is 1. The maximum Gasteiger partial charge on any atom is 0.349 e. The summed E-state index contributed by atoms with van der Waals surface area (Å²) in [6, 6.07) is 3.86. The molecule has 0 radical (unpaired) electrons. The van der Waals surface area contributed by atoms with Crippen molar-refractivity contribution in [3.8, 4) is 0 Å². The third kappa shape index (κ3) is 3.48. The number of rotatable bonds is 5. The molecule has 3 rings (SSSR count). The molecular formula is C14H16FN3O2S. The van der Waals surface area contributed by atoms with E-state index < -0.39 is 11.5 Å². The lowest BCUT2D eigenvalue weighted by molar-refractivity contribution is 0.0955. The van der Waals surface area contributed by atoms with Crippen LogP contribution in [0.2, 0.25) is 0 Å². The van der Waals surface area contributed by atoms with Gasteiger partial charge in [0.25, 0.3) is 0 Å². The molecule has 0 spiro atoms. The number of halogens is 1. The Morgan fingerprint density at radius 3 is 3.19 bits per heavy atom. The second-order valence-corrected chi connectivity index (χ2v) is 5.97. The van der Waals surface area contributed by atoms with Crippen LogP contribution in [-0.2, 0) is 17.8 Å². The summed E-state index contributed by atoms with van der Waals surface area (Å²) in [7, 11) is 0. The molecule has 0 amide bonds. The minimum absolute atomic E-state index is 0.00279. The number of ether oxygens (including phenoxy) is 1. The Kier molecular flexibility index (Phi) is 4.31. The Morgan fingerprint density at radius 1 is 1.57 bits per heavy atom. The summed E-state index contributed by atoms with van der Waals surface area (Å²) in [5, 5.41) is 4.80. The van der Waals surface area contributed by atoms with Crippen LogP contribution in [0.15, 0.2) is 28.5 Å². The number of nitrogens with zero attached hydrogens (tertiary/aromatic N) is 2. The Balaban J connectivity index is 1.71. The molecule has 0 bridgehead atoms. The van der Waals surface area contributed by atoms with Gasteiger partial charge in [0.05, 0.1) is 19.2 Å². The smallest absolute Gasteiger partial charge is 0.349 e. The lowest BCUT2D eigenvalue weighted by atomic mass is 10.2. The Hall–Kier alpha value is -1.73. The molecule has 21 heavy (non-hydrogen) atoms. The predicted molar refractivity (Wildman–Crippen MR) is 79.1 cm³/mol. The van der Waals surface area contributed by atoms with Crippen molar-refractivity contribution in [2.45, 2.75) is 32.0 Å². The molecule has 2 aromatic heterocycles. The van der Waals surface area contributed by atoms with E-state index in [4.69, 9.17) is 4.74 Å². The van der Waals surface area contributed by atoms with Crippen LogP contribution < -0.4 is 11.0 Å². The van der Waals surface area contributed by atoms with E-state index in [-0.39, 0.29) is 11.9 Å². The molecule has 3 heterocycles. The molecular weight excluding hydrogens is 293 g/mol. The van der Waals surface area contributed by atoms with Gasteiger partial charge in [-0.3, -0.25) is 4.57 Å². The van der Waals surface area contributed by atoms with Gasteiger partial charge in [-0.15, -0.1) is 11.3 Å². The van der Waals surface area contributed by atoms with Crippen molar-refractivity contribution >= 4 is 17.2 Å². The molecule has 0 saturated carbocycles. The third-order valence-corrected chi connectivity index (χ3v) is 4.26. The standard InChI is InChI=1S/C14H16FN3O2S/c15-12-9-18(8-10-3-1-5-20-10)14(19)17-13(12)16-7-11-4-2-6-21-11/h2,4,6,9-10H,1,3,5,7-8H2,(H,16,17,19). The molecule has 1 atom stereocenters. The zero-order valence-electron chi connectivity index (χ0n) is 11.4. The Morgan fingerprint density at radius 2 is 2.48 bits per heavy atom. The van der Waals surface area contributed by atoms with Crippen molar-refractivity contribution in [2.75, 3.05) is 11.9 Å². The monoisotopic (exact) mass is 309 g/mol. The normalized spacial score (nSPS) is 18.0. The van der Waals surface area contributed by atoms with Crippen molar-refractivity contribution in [2.24, 2.45) is 0 Å². The fourth-order valence-electron chi connectivity index (χ4n) is 2.31. The van der Waals surface area contributed by atoms with Crippen LogP contribution in [0.5, 0.6) is 0 Å². The first-order valence-electron chi connectivity index (χ1n) is 6.87. The highest BCUT2D eigenvalue weighted by molar-refractivity contribution is 7.09. The highest BCUT2D eigenvalue weighted by Crippen LogP contribution is 2.15. The van der Waals surface area contributed by atoms with Gasteiger partial charge in [0.15, 0.2) is 11.6 Å². The number of aromatic nitrogens is 2. The Labute approximate surface area is 125 Å². The fraction of sp³-hybridized carbons (Fsp3) is 0.429. The summed E-state index contributed by atoms with van der Waals surface area (Å²) in [5.74, 6) is -0.527. The molecule has 5 nitrogen and oxygen atoms in total. The van der Waals surface area contributed by atoms with Crippen LogP contribution in [0.25, 0.3) is 0 Å². The summed E-state index contributed by atoms with van der Waals surface area (Å²) in [6.07, 6.45) is 3.06. The van der Waals surface area contributed by atoms with Crippen LogP contribution in [0.3, 0.4) is 0 Å². The van der Waals surface area contributed by atoms with Crippen molar-refractivity contribution in [1.82, 2.24) is 9.55 Å². The van der Waals surface area contributed by atoms with Crippen LogP contribution in [0.4, 0.5) is 10.2 Å². The van der Waals surface area contributed by atoms with Gasteiger partial charge in [-0.1, -0.05) is 6.07 Å². The summed E-state index contributed by atoms with van der Waals surface area (Å²) in [6.45, 7) is 1.51. The van der Waals surface area contributed by atoms with E-state index in [9.17, 15) is 9.18 Å². The minimum Gasteiger partial charge on any atom is -0.376 e. The highest BCUT2D eigenvalue weighted by Gasteiger charge is 2.18. The fourth-order valence-corrected chi connectivity index (χ4v) is 2.96. The summed E-state index contributed by atoms with van der Waals surface area (Å²) >= 11 is 1.56. The molecule has 1 aliphatic heterocycles. The minimum atomic E-state index is -0.524. The summed E-state index contributed by atoms with van der Waals surface area (Å²) in [5.41, 5.74) is -0.458. The molecule has 7 heteroatoms. The average molecular weight is 309 g/mol. The van der Waals surface area contributed by atoms with Gasteiger partial charge in [-0.2, -0.15) is 4.98 Å². The van der Waals surface area contributed by atoms with E-state index >= 15 is 0 Å². The van der Waals surface area contributed by atoms with Gasteiger partial charge >= 0.3 is 5.69 Å². The molecule has 1 aliphatic rings. The van der Waals surface area contributed by atoms with Gasteiger partial charge in [0, 0.05) is 17.7 Å². The molecule has 1 unspecified atom stereocenters. The van der Waals surface area contributed by atoms with Crippen molar-refractivity contribution < 1.29 is 9.13 Å². The van der Waals surface area contributed by atoms with E-state index in [0.717, 1.165) is 17.7 Å². The summed E-state index contributed by atoms with van der Waals surface area (Å²) in [4.78, 5) is 16.8. The lowest BCUT2D eigenvalue weighted by Gasteiger charge is -2.12. The maximum absolute atomic E-state index is 14.0. The molecule has 1 N–H and O–H groups in total. The molecule has 1 fully saturated rings. The number of hydrogen-bond acceptors (Lipinski definition) is 5. The predicted octanol–water partition coefficient (Wildman–Crippen LogP) is 2.24. The second-order valence-electron chi connectivity index (χ2n) is 4.94. The lowest BCUT2D eigenvalue weighted by Crippen LogP contribution is -2.29. The van der Waals surface area contributed by atoms with E-state index in [0.29, 0.717) is 19.7 Å². The largest absolute Gasteiger partial charge is 0.376 e. The maximum atomic E-state index is 14.0. The third-order valence-electron chi connectivity index (χ3n) is 3.38. The Bertz CT molecular complexity index is 651. The van der Waals surface area contributed by atoms with Crippen molar-refractivity contribution in [1.29, 1.82) is 0 Å². The van der Waals surface area contributed by atoms with E-state index in [2.05, 4.69) is 10.3 Å². The summed E-state index contributed by atoms with van der Waals surface area (Å²) < 4.78 is 20.7. The number of thiophene rings is 1. The van der Waals surface area contributed by atoms with E-state index in [1.807, 2.05) is 17.5 Å². The van der Waals surface area contributed by atoms with Gasteiger partial charge in [-0.05, 0) is 24.3 Å². The zero-order chi connectivity index (χ0) is 14.7. The zero-order valence-corrected chi connectivity index (χ0v) is 12.2. The van der Waals surface area contributed by atoms with Gasteiger partial charge in [0.2, 0.25) is 0 Å². The van der Waals surface area contributed by atoms with Gasteiger partial charge < -0.3 is 10.1 Å². The molecule has 2 aromatic rings. The SMILES string of the molecule is O=c1nc(NCc2cccs2)c(F)cn1CC1CCCO1. The van der Waals surface area contributed by atoms with Crippen molar-refractivity contribution in [3.05, 3.63) is 44.9 Å². The highest BCUT2D eigenvalue weighted by atomic mass is 32.1. The number of hydrogen-bond donors (Lipinski definition) is 1. The molecule has 0 aromatic carbocycles. The van der Waals surface area contributed by atoms with E-state index in [1.165, 1.54) is 10.8 Å². The first kappa shape index (κ1) is 14.2. The topological polar surface area (TPSA) is 56.2 Å². The van der Waals surface area contributed by atoms with E-state index in [1.54, 1.807) is 11.3 Å².